The number of nitrogens with zero attached hydrogens (tertiary/aromatic N) is 4. The monoisotopic (exact) mass is 184 g/mol. The maximum Gasteiger partial charge on any atom is 0.141 e. The van der Waals surface area contributed by atoms with E-state index >= 15 is 0 Å². The highest BCUT2D eigenvalue weighted by atomic mass is 15.3. The van der Waals surface area contributed by atoms with E-state index in [0.717, 1.165) is 22.4 Å². The Morgan fingerprint density at radius 1 is 1.21 bits per heavy atom. The average molecular weight is 184 g/mol. The van der Waals surface area contributed by atoms with Gasteiger partial charge in [0, 0.05) is 11.6 Å². The molecule has 0 aliphatic carbocycles. The summed E-state index contributed by atoms with van der Waals surface area (Å²) in [5.41, 5.74) is 6.18. The molecule has 0 saturated heterocycles. The van der Waals surface area contributed by atoms with E-state index in [1.54, 1.807) is 6.20 Å². The van der Waals surface area contributed by atoms with Crippen LogP contribution in [0.4, 0.5) is 0 Å². The first-order valence-corrected chi connectivity index (χ1v) is 4.18. The van der Waals surface area contributed by atoms with Crippen molar-refractivity contribution in [1.29, 1.82) is 0 Å². The predicted octanol–water partition coefficient (Wildman–Crippen LogP) is 0.794. The molecule has 0 saturated carbocycles. The number of aromatic nitrogens is 3. The summed E-state index contributed by atoms with van der Waals surface area (Å²) in [6.45, 7) is 0. The molecule has 0 spiro atoms. The first kappa shape index (κ1) is 7.25. The Kier molecular flexibility index (Phi) is 1.38. The molecule has 0 amide bonds. The van der Waals surface area contributed by atoms with Gasteiger partial charge in [-0.15, -0.1) is 5.10 Å². The molecule has 1 N–H and O–H groups in total. The highest BCUT2D eigenvalue weighted by molar-refractivity contribution is 6.14. The van der Waals surface area contributed by atoms with Crippen LogP contribution in [0, 0.1) is 0 Å². The van der Waals surface area contributed by atoms with Gasteiger partial charge in [0.05, 0.1) is 6.20 Å². The number of H-pyrrole nitrogens is 1. The van der Waals surface area contributed by atoms with Crippen molar-refractivity contribution in [2.24, 2.45) is 5.10 Å². The average Bonchev–Trinajstić information content (AvgIpc) is 2.88. The molecule has 2 aromatic heterocycles. The zero-order valence-corrected chi connectivity index (χ0v) is 7.18. The summed E-state index contributed by atoms with van der Waals surface area (Å²) in [4.78, 5) is 11.3. The van der Waals surface area contributed by atoms with Crippen LogP contribution in [-0.4, -0.2) is 20.7 Å². The number of fused-ring (bicyclic) bond motifs is 1. The normalized spacial score (nSPS) is 14.4. The summed E-state index contributed by atoms with van der Waals surface area (Å²) in [5.74, 6) is 0. The second-order valence-electron chi connectivity index (χ2n) is 2.88. The lowest BCUT2D eigenvalue weighted by atomic mass is 10.2. The van der Waals surface area contributed by atoms with Gasteiger partial charge in [-0.25, -0.2) is 9.97 Å². The predicted molar refractivity (Wildman–Crippen MR) is 51.7 cm³/mol. The first-order valence-electron chi connectivity index (χ1n) is 4.18. The number of hydrogen-bond donors (Lipinski definition) is 1. The fourth-order valence-corrected chi connectivity index (χ4v) is 1.44. The minimum atomic E-state index is 0.775. The molecule has 2 aromatic rings. The van der Waals surface area contributed by atoms with Crippen LogP contribution < -0.4 is 5.43 Å². The van der Waals surface area contributed by atoms with Crippen molar-refractivity contribution in [2.75, 3.05) is 0 Å². The van der Waals surface area contributed by atoms with Crippen LogP contribution in [0.2, 0.25) is 0 Å². The molecule has 5 nitrogen and oxygen atoms in total. The van der Waals surface area contributed by atoms with Gasteiger partial charge in [0.15, 0.2) is 0 Å². The van der Waals surface area contributed by atoms with Crippen molar-refractivity contribution in [3.05, 3.63) is 36.6 Å². The molecule has 1 aliphatic rings. The van der Waals surface area contributed by atoms with Gasteiger partial charge < -0.3 is 4.98 Å². The number of nitrogens with one attached hydrogen (secondary N) is 1. The second kappa shape index (κ2) is 2.66. The zero-order valence-electron chi connectivity index (χ0n) is 7.18. The Balaban J connectivity index is 2.29. The highest BCUT2D eigenvalue weighted by Gasteiger charge is 2.11. The summed E-state index contributed by atoms with van der Waals surface area (Å²) in [6, 6.07) is 1.93. The minimum Gasteiger partial charge on any atom is -0.346 e. The van der Waals surface area contributed by atoms with Crippen molar-refractivity contribution < 1.29 is 0 Å². The molecule has 1 radical (unpaired) electrons. The quantitative estimate of drug-likeness (QED) is 0.712. The van der Waals surface area contributed by atoms with Gasteiger partial charge in [-0.2, -0.15) is 5.43 Å². The SMILES string of the molecule is C1=CC(c2ncnc3[nH]ccc23)=N[N]1. The van der Waals surface area contributed by atoms with Crippen LogP contribution in [0.3, 0.4) is 0 Å². The largest absolute Gasteiger partial charge is 0.346 e. The maximum atomic E-state index is 4.19. The maximum absolute atomic E-state index is 4.19. The fourth-order valence-electron chi connectivity index (χ4n) is 1.44. The van der Waals surface area contributed by atoms with E-state index in [2.05, 4.69) is 25.5 Å². The van der Waals surface area contributed by atoms with E-state index in [-0.39, 0.29) is 0 Å². The Morgan fingerprint density at radius 2 is 2.21 bits per heavy atom. The van der Waals surface area contributed by atoms with Crippen molar-refractivity contribution in [1.82, 2.24) is 20.4 Å². The van der Waals surface area contributed by atoms with Crippen LogP contribution in [0.1, 0.15) is 5.69 Å². The summed E-state index contributed by atoms with van der Waals surface area (Å²) >= 11 is 0. The van der Waals surface area contributed by atoms with Crippen molar-refractivity contribution >= 4 is 16.7 Å². The third-order valence-electron chi connectivity index (χ3n) is 2.06. The Labute approximate surface area is 79.6 Å². The van der Waals surface area contributed by atoms with Crippen LogP contribution >= 0.6 is 0 Å². The molecule has 3 heterocycles. The molecular weight excluding hydrogens is 178 g/mol. The van der Waals surface area contributed by atoms with E-state index in [4.69, 9.17) is 0 Å². The lowest BCUT2D eigenvalue weighted by molar-refractivity contribution is 0.970. The zero-order chi connectivity index (χ0) is 9.38. The standard InChI is InChI=1S/C9H6N5/c1-3-10-9-6(1)8(11-5-12-9)7-2-4-13-14-7/h1-5H,(H,10,11,12). The summed E-state index contributed by atoms with van der Waals surface area (Å²) in [7, 11) is 0. The van der Waals surface area contributed by atoms with Gasteiger partial charge in [0.25, 0.3) is 0 Å². The number of allylic oxidation sites excluding steroid dienone is 1. The minimum absolute atomic E-state index is 0.775. The van der Waals surface area contributed by atoms with Gasteiger partial charge in [0.2, 0.25) is 0 Å². The summed E-state index contributed by atoms with van der Waals surface area (Å²) in [5, 5.41) is 4.93. The smallest absolute Gasteiger partial charge is 0.141 e. The topological polar surface area (TPSA) is 68.0 Å². The van der Waals surface area contributed by atoms with Gasteiger partial charge in [-0.3, -0.25) is 0 Å². The van der Waals surface area contributed by atoms with E-state index in [0.29, 0.717) is 0 Å². The summed E-state index contributed by atoms with van der Waals surface area (Å²) in [6.07, 6.45) is 6.83. The molecule has 0 atom stereocenters. The molecular formula is C9H6N5. The van der Waals surface area contributed by atoms with E-state index in [1.807, 2.05) is 18.3 Å². The number of rotatable bonds is 1. The lowest BCUT2D eigenvalue weighted by Gasteiger charge is -1.97. The molecule has 0 fully saturated rings. The molecule has 1 aliphatic heterocycles. The number of aromatic amines is 1. The van der Waals surface area contributed by atoms with Crippen LogP contribution in [0.5, 0.6) is 0 Å². The molecule has 0 unspecified atom stereocenters. The Morgan fingerprint density at radius 3 is 3.07 bits per heavy atom. The molecule has 5 heteroatoms. The van der Waals surface area contributed by atoms with E-state index in [9.17, 15) is 0 Å². The molecule has 0 bridgehead atoms. The first-order chi connectivity index (χ1) is 6.95. The van der Waals surface area contributed by atoms with Crippen molar-refractivity contribution in [2.45, 2.75) is 0 Å². The molecule has 67 valence electrons. The molecule has 0 aromatic carbocycles. The Hall–Kier alpha value is -2.17. The van der Waals surface area contributed by atoms with Crippen LogP contribution in [0.15, 0.2) is 36.0 Å². The van der Waals surface area contributed by atoms with Gasteiger partial charge in [0.1, 0.15) is 23.4 Å². The van der Waals surface area contributed by atoms with Crippen LogP contribution in [0.25, 0.3) is 11.0 Å². The molecule has 14 heavy (non-hydrogen) atoms. The molecule has 3 rings (SSSR count). The van der Waals surface area contributed by atoms with E-state index < -0.39 is 0 Å². The fraction of sp³-hybridized carbons (Fsp3) is 0. The van der Waals surface area contributed by atoms with Gasteiger partial charge in [-0.1, -0.05) is 0 Å². The lowest BCUT2D eigenvalue weighted by Crippen LogP contribution is -1.99. The van der Waals surface area contributed by atoms with Gasteiger partial charge >= 0.3 is 0 Å². The van der Waals surface area contributed by atoms with Crippen molar-refractivity contribution in [3.8, 4) is 0 Å². The van der Waals surface area contributed by atoms with Gasteiger partial charge in [-0.05, 0) is 12.1 Å². The Bertz CT molecular complexity index is 537. The second-order valence-corrected chi connectivity index (χ2v) is 2.88. The third kappa shape index (κ3) is 0.922. The summed E-state index contributed by atoms with van der Waals surface area (Å²) < 4.78 is 0. The van der Waals surface area contributed by atoms with Crippen LogP contribution in [-0.2, 0) is 0 Å². The van der Waals surface area contributed by atoms with E-state index in [1.165, 1.54) is 6.33 Å². The van der Waals surface area contributed by atoms with Crippen molar-refractivity contribution in [3.63, 3.8) is 0 Å². The third-order valence-corrected chi connectivity index (χ3v) is 2.06. The number of hydrogen-bond acceptors (Lipinski definition) is 3. The highest BCUT2D eigenvalue weighted by Crippen LogP contribution is 2.15.